The molecule has 0 bridgehead atoms. The maximum atomic E-state index is 12.6. The number of rotatable bonds is 6. The molecular formula is C28H20ClN3OS. The minimum absolute atomic E-state index is 0.274. The molecule has 0 spiro atoms. The fourth-order valence-corrected chi connectivity index (χ4v) is 4.69. The van der Waals surface area contributed by atoms with Crippen LogP contribution < -0.4 is 5.43 Å². The Morgan fingerprint density at radius 3 is 1.88 bits per heavy atom. The van der Waals surface area contributed by atoms with Crippen molar-refractivity contribution in [2.75, 3.05) is 0 Å². The van der Waals surface area contributed by atoms with Crippen molar-refractivity contribution < 1.29 is 4.79 Å². The summed E-state index contributed by atoms with van der Waals surface area (Å²) in [5.74, 6) is -0.274. The average Bonchev–Trinajstić information content (AvgIpc) is 3.51. The van der Waals surface area contributed by atoms with E-state index in [4.69, 9.17) is 11.6 Å². The molecule has 0 aliphatic heterocycles. The summed E-state index contributed by atoms with van der Waals surface area (Å²) in [6.07, 6.45) is 1.58. The molecule has 166 valence electrons. The van der Waals surface area contributed by atoms with E-state index in [1.807, 2.05) is 66.7 Å². The van der Waals surface area contributed by atoms with Gasteiger partial charge in [0.1, 0.15) is 0 Å². The third kappa shape index (κ3) is 4.71. The number of hydrogen-bond acceptors (Lipinski definition) is 3. The molecule has 0 saturated carbocycles. The molecule has 0 fully saturated rings. The quantitative estimate of drug-likeness (QED) is 0.201. The minimum Gasteiger partial charge on any atom is -0.309 e. The van der Waals surface area contributed by atoms with Gasteiger partial charge in [0.15, 0.2) is 0 Å². The second-order valence-electron chi connectivity index (χ2n) is 7.56. The van der Waals surface area contributed by atoms with Gasteiger partial charge in [-0.3, -0.25) is 4.79 Å². The van der Waals surface area contributed by atoms with Crippen molar-refractivity contribution in [3.63, 3.8) is 0 Å². The van der Waals surface area contributed by atoms with Gasteiger partial charge in [-0.1, -0.05) is 72.3 Å². The Balaban J connectivity index is 1.45. The summed E-state index contributed by atoms with van der Waals surface area (Å²) in [5.41, 5.74) is 8.47. The topological polar surface area (TPSA) is 46.4 Å². The van der Waals surface area contributed by atoms with E-state index in [1.54, 1.807) is 12.3 Å². The molecule has 2 heterocycles. The molecule has 0 aliphatic carbocycles. The number of carbonyl (C=O) groups is 1. The Bertz CT molecular complexity index is 1380. The first-order valence-electron chi connectivity index (χ1n) is 10.7. The number of nitrogens with one attached hydrogen (secondary N) is 1. The van der Waals surface area contributed by atoms with Gasteiger partial charge in [0.2, 0.25) is 0 Å². The maximum Gasteiger partial charge on any atom is 0.271 e. The van der Waals surface area contributed by atoms with E-state index in [0.717, 1.165) is 33.1 Å². The van der Waals surface area contributed by atoms with E-state index in [2.05, 4.69) is 51.5 Å². The fraction of sp³-hybridized carbons (Fsp3) is 0. The predicted octanol–water partition coefficient (Wildman–Crippen LogP) is 7.29. The van der Waals surface area contributed by atoms with E-state index in [0.29, 0.717) is 9.90 Å². The predicted molar refractivity (Wildman–Crippen MR) is 141 cm³/mol. The lowest BCUT2D eigenvalue weighted by atomic mass is 10.1. The number of nitrogens with zero attached hydrogens (tertiary/aromatic N) is 2. The van der Waals surface area contributed by atoms with Crippen LogP contribution in [-0.4, -0.2) is 16.7 Å². The highest BCUT2D eigenvalue weighted by atomic mass is 35.5. The third-order valence-electron chi connectivity index (χ3n) is 5.36. The standard InChI is InChI=1S/C28H20ClN3OS/c29-27-18-15-24(34-27)19-30-31-28(33)22-11-13-23(14-12-22)32-25(20-7-3-1-4-8-20)16-17-26(32)21-9-5-2-6-10-21/h1-19H,(H,31,33). The van der Waals surface area contributed by atoms with Crippen LogP contribution in [0, 0.1) is 0 Å². The largest absolute Gasteiger partial charge is 0.309 e. The summed E-state index contributed by atoms with van der Waals surface area (Å²) in [7, 11) is 0. The van der Waals surface area contributed by atoms with Gasteiger partial charge in [0, 0.05) is 16.1 Å². The van der Waals surface area contributed by atoms with Gasteiger partial charge in [-0.15, -0.1) is 11.3 Å². The zero-order valence-corrected chi connectivity index (χ0v) is 19.6. The SMILES string of the molecule is O=C(NN=Cc1ccc(Cl)s1)c1ccc(-n2c(-c3ccccc3)ccc2-c2ccccc2)cc1. The lowest BCUT2D eigenvalue weighted by Crippen LogP contribution is -2.17. The number of carbonyl (C=O) groups excluding carboxylic acids is 1. The van der Waals surface area contributed by atoms with Crippen LogP contribution >= 0.6 is 22.9 Å². The number of thiophene rings is 1. The first-order chi connectivity index (χ1) is 16.7. The molecule has 0 unspecified atom stereocenters. The summed E-state index contributed by atoms with van der Waals surface area (Å²) < 4.78 is 2.89. The molecule has 0 saturated heterocycles. The van der Waals surface area contributed by atoms with Crippen molar-refractivity contribution in [1.29, 1.82) is 0 Å². The van der Waals surface area contributed by atoms with Crippen molar-refractivity contribution in [1.82, 2.24) is 9.99 Å². The Kier molecular flexibility index (Phi) is 6.38. The van der Waals surface area contributed by atoms with Gasteiger partial charge < -0.3 is 4.57 Å². The second-order valence-corrected chi connectivity index (χ2v) is 9.31. The number of amides is 1. The monoisotopic (exact) mass is 481 g/mol. The van der Waals surface area contributed by atoms with Crippen LogP contribution in [0.15, 0.2) is 114 Å². The zero-order chi connectivity index (χ0) is 23.3. The van der Waals surface area contributed by atoms with Crippen LogP contribution in [0.4, 0.5) is 0 Å². The smallest absolute Gasteiger partial charge is 0.271 e. The Morgan fingerprint density at radius 2 is 1.35 bits per heavy atom. The van der Waals surface area contributed by atoms with Gasteiger partial charge in [0.05, 0.1) is 21.9 Å². The molecule has 5 rings (SSSR count). The average molecular weight is 482 g/mol. The molecular weight excluding hydrogens is 462 g/mol. The van der Waals surface area contributed by atoms with Crippen molar-refractivity contribution in [3.05, 3.63) is 124 Å². The van der Waals surface area contributed by atoms with E-state index in [-0.39, 0.29) is 5.91 Å². The summed E-state index contributed by atoms with van der Waals surface area (Å²) in [6.45, 7) is 0. The van der Waals surface area contributed by atoms with E-state index in [1.165, 1.54) is 11.3 Å². The third-order valence-corrected chi connectivity index (χ3v) is 6.53. The highest BCUT2D eigenvalue weighted by Crippen LogP contribution is 2.32. The van der Waals surface area contributed by atoms with Crippen LogP contribution in [0.3, 0.4) is 0 Å². The summed E-state index contributed by atoms with van der Waals surface area (Å²) in [4.78, 5) is 13.4. The molecule has 3 aromatic carbocycles. The van der Waals surface area contributed by atoms with Gasteiger partial charge in [-0.25, -0.2) is 5.43 Å². The number of hydrogen-bond donors (Lipinski definition) is 1. The molecule has 0 atom stereocenters. The van der Waals surface area contributed by atoms with Gasteiger partial charge >= 0.3 is 0 Å². The Hall–Kier alpha value is -3.93. The summed E-state index contributed by atoms with van der Waals surface area (Å²) in [6, 6.07) is 36.0. The molecule has 5 aromatic rings. The highest BCUT2D eigenvalue weighted by molar-refractivity contribution is 7.17. The van der Waals surface area contributed by atoms with Crippen LogP contribution in [0.2, 0.25) is 4.34 Å². The number of halogens is 1. The van der Waals surface area contributed by atoms with E-state index >= 15 is 0 Å². The van der Waals surface area contributed by atoms with Crippen molar-refractivity contribution in [2.24, 2.45) is 5.10 Å². The van der Waals surface area contributed by atoms with Gasteiger partial charge in [0.25, 0.3) is 5.91 Å². The normalized spacial score (nSPS) is 11.1. The Morgan fingerprint density at radius 1 is 0.765 bits per heavy atom. The lowest BCUT2D eigenvalue weighted by Gasteiger charge is -2.15. The second kappa shape index (κ2) is 9.91. The fourth-order valence-electron chi connectivity index (χ4n) is 3.76. The molecule has 4 nitrogen and oxygen atoms in total. The lowest BCUT2D eigenvalue weighted by molar-refractivity contribution is 0.0955. The zero-order valence-electron chi connectivity index (χ0n) is 18.1. The van der Waals surface area contributed by atoms with Crippen LogP contribution in [0.5, 0.6) is 0 Å². The molecule has 2 aromatic heterocycles. The van der Waals surface area contributed by atoms with E-state index in [9.17, 15) is 4.79 Å². The van der Waals surface area contributed by atoms with Crippen LogP contribution in [-0.2, 0) is 0 Å². The molecule has 34 heavy (non-hydrogen) atoms. The van der Waals surface area contributed by atoms with Crippen molar-refractivity contribution in [3.8, 4) is 28.2 Å². The maximum absolute atomic E-state index is 12.6. The van der Waals surface area contributed by atoms with Gasteiger partial charge in [-0.2, -0.15) is 5.10 Å². The van der Waals surface area contributed by atoms with Crippen molar-refractivity contribution in [2.45, 2.75) is 0 Å². The molecule has 1 amide bonds. The minimum atomic E-state index is -0.274. The number of benzene rings is 3. The summed E-state index contributed by atoms with van der Waals surface area (Å²) >= 11 is 7.32. The summed E-state index contributed by atoms with van der Waals surface area (Å²) in [5, 5.41) is 4.03. The highest BCUT2D eigenvalue weighted by Gasteiger charge is 2.14. The first-order valence-corrected chi connectivity index (χ1v) is 11.9. The molecule has 1 N–H and O–H groups in total. The van der Waals surface area contributed by atoms with E-state index < -0.39 is 0 Å². The Labute approximate surface area is 206 Å². The van der Waals surface area contributed by atoms with Crippen LogP contribution in [0.1, 0.15) is 15.2 Å². The van der Waals surface area contributed by atoms with Crippen molar-refractivity contribution >= 4 is 35.1 Å². The van der Waals surface area contributed by atoms with Gasteiger partial charge in [-0.05, 0) is 59.7 Å². The molecule has 0 aliphatic rings. The first kappa shape index (κ1) is 21.9. The molecule has 0 radical (unpaired) electrons. The molecule has 6 heteroatoms. The van der Waals surface area contributed by atoms with Crippen LogP contribution in [0.25, 0.3) is 28.2 Å². The number of hydrazone groups is 1. The number of aromatic nitrogens is 1.